The maximum absolute atomic E-state index is 13.4. The number of aliphatic hydroxyl groups excluding tert-OH is 1. The monoisotopic (exact) mass is 561 g/mol. The summed E-state index contributed by atoms with van der Waals surface area (Å²) in [6.45, 7) is 8.20. The molecule has 40 heavy (non-hydrogen) atoms. The number of benzene rings is 1. The minimum atomic E-state index is -0.964. The van der Waals surface area contributed by atoms with Crippen LogP contribution in [0.2, 0.25) is 0 Å². The third kappa shape index (κ3) is 8.62. The second-order valence-electron chi connectivity index (χ2n) is 10.3. The average Bonchev–Trinajstić information content (AvgIpc) is 3.21. The Labute approximate surface area is 234 Å². The fourth-order valence-electron chi connectivity index (χ4n) is 4.20. The van der Waals surface area contributed by atoms with E-state index in [0.29, 0.717) is 17.7 Å². The molecule has 0 aromatic heterocycles. The number of rotatable bonds is 8. The minimum absolute atomic E-state index is 0.0176. The highest BCUT2D eigenvalue weighted by Gasteiger charge is 2.43. The van der Waals surface area contributed by atoms with Gasteiger partial charge in [-0.3, -0.25) is 9.59 Å². The van der Waals surface area contributed by atoms with Gasteiger partial charge in [0.2, 0.25) is 5.91 Å². The number of aliphatic hydroxyl groups is 1. The lowest BCUT2D eigenvalue weighted by molar-refractivity contribution is -0.152. The zero-order valence-electron chi connectivity index (χ0n) is 23.8. The Morgan fingerprint density at radius 1 is 1.18 bits per heavy atom. The van der Waals surface area contributed by atoms with E-state index < -0.39 is 36.2 Å². The van der Waals surface area contributed by atoms with Gasteiger partial charge in [0.1, 0.15) is 42.0 Å². The number of methoxy groups -OCH3 is 1. The molecule has 1 aromatic carbocycles. The molecular weight excluding hydrogens is 522 g/mol. The fourth-order valence-corrected chi connectivity index (χ4v) is 4.20. The number of esters is 1. The topological polar surface area (TPSA) is 139 Å². The zero-order chi connectivity index (χ0) is 29.4. The minimum Gasteiger partial charge on any atom is -0.491 e. The Morgan fingerprint density at radius 3 is 2.62 bits per heavy atom. The largest absolute Gasteiger partial charge is 0.491 e. The van der Waals surface area contributed by atoms with Gasteiger partial charge in [-0.2, -0.15) is 0 Å². The van der Waals surface area contributed by atoms with E-state index in [0.717, 1.165) is 0 Å². The second-order valence-corrected chi connectivity index (χ2v) is 10.3. The lowest BCUT2D eigenvalue weighted by atomic mass is 9.99. The van der Waals surface area contributed by atoms with Crippen molar-refractivity contribution >= 4 is 23.7 Å². The molecule has 5 atom stereocenters. The van der Waals surface area contributed by atoms with Crippen molar-refractivity contribution in [3.05, 3.63) is 41.5 Å². The first-order chi connectivity index (χ1) is 18.9. The predicted molar refractivity (Wildman–Crippen MR) is 145 cm³/mol. The summed E-state index contributed by atoms with van der Waals surface area (Å²) >= 11 is 0. The quantitative estimate of drug-likeness (QED) is 0.360. The Hall–Kier alpha value is -3.25. The molecule has 2 heterocycles. The number of cyclic esters (lactones) is 1. The molecule has 11 nitrogen and oxygen atoms in total. The number of carbonyl (C=O) groups is 3. The van der Waals surface area contributed by atoms with E-state index in [1.54, 1.807) is 45.1 Å². The van der Waals surface area contributed by atoms with E-state index in [-0.39, 0.29) is 48.9 Å². The summed E-state index contributed by atoms with van der Waals surface area (Å²) in [5, 5.41) is 12.7. The first-order valence-electron chi connectivity index (χ1n) is 13.2. The average molecular weight is 562 g/mol. The molecule has 0 saturated carbocycles. The third-order valence-electron chi connectivity index (χ3n) is 6.40. The van der Waals surface area contributed by atoms with Crippen molar-refractivity contribution in [3.63, 3.8) is 0 Å². The van der Waals surface area contributed by atoms with Crippen LogP contribution in [0.1, 0.15) is 57.0 Å². The fraction of sp³-hybridized carbons (Fsp3) is 0.552. The summed E-state index contributed by atoms with van der Waals surface area (Å²) in [6, 6.07) is 3.14. The van der Waals surface area contributed by atoms with Crippen LogP contribution in [-0.4, -0.2) is 80.0 Å². The van der Waals surface area contributed by atoms with Gasteiger partial charge in [0.25, 0.3) is 0 Å². The maximum Gasteiger partial charge on any atom is 0.342 e. The number of nitrogens with one attached hydrogen (secondary N) is 1. The molecule has 0 spiro atoms. The van der Waals surface area contributed by atoms with Crippen molar-refractivity contribution in [2.75, 3.05) is 27.1 Å². The van der Waals surface area contributed by atoms with Gasteiger partial charge >= 0.3 is 5.97 Å². The molecule has 0 aliphatic carbocycles. The lowest BCUT2D eigenvalue weighted by Gasteiger charge is -2.21. The van der Waals surface area contributed by atoms with Gasteiger partial charge in [0.15, 0.2) is 18.4 Å². The Morgan fingerprint density at radius 2 is 1.93 bits per heavy atom. The van der Waals surface area contributed by atoms with Gasteiger partial charge in [0, 0.05) is 32.6 Å². The van der Waals surface area contributed by atoms with Crippen LogP contribution in [0.5, 0.6) is 11.5 Å². The maximum atomic E-state index is 13.4. The Kier molecular flexibility index (Phi) is 10.9. The van der Waals surface area contributed by atoms with Crippen molar-refractivity contribution in [2.45, 2.75) is 71.2 Å². The van der Waals surface area contributed by atoms with Gasteiger partial charge in [0.05, 0.1) is 6.10 Å². The highest BCUT2D eigenvalue weighted by atomic mass is 16.8. The highest BCUT2D eigenvalue weighted by Crippen LogP contribution is 2.34. The molecule has 1 aromatic rings. The van der Waals surface area contributed by atoms with E-state index >= 15 is 0 Å². The molecule has 3 rings (SSSR count). The summed E-state index contributed by atoms with van der Waals surface area (Å²) in [5.74, 6) is -1.86. The number of fused-ring (bicyclic) bond motifs is 2. The number of ether oxygens (including phenoxy) is 6. The molecule has 11 heteroatoms. The molecule has 1 fully saturated rings. The van der Waals surface area contributed by atoms with Gasteiger partial charge in [-0.15, -0.1) is 0 Å². The van der Waals surface area contributed by atoms with Crippen LogP contribution in [0.4, 0.5) is 0 Å². The lowest BCUT2D eigenvalue weighted by Crippen LogP contribution is -2.33. The van der Waals surface area contributed by atoms with Crippen molar-refractivity contribution < 1.29 is 47.9 Å². The molecule has 220 valence electrons. The third-order valence-corrected chi connectivity index (χ3v) is 6.40. The first-order valence-corrected chi connectivity index (χ1v) is 13.2. The van der Waals surface area contributed by atoms with Gasteiger partial charge in [-0.05, 0) is 44.9 Å². The molecule has 2 aliphatic heterocycles. The number of amides is 1. The zero-order valence-corrected chi connectivity index (χ0v) is 23.8. The van der Waals surface area contributed by atoms with E-state index in [2.05, 4.69) is 5.32 Å². The number of hydrogen-bond acceptors (Lipinski definition) is 10. The molecule has 2 N–H and O–H groups in total. The van der Waals surface area contributed by atoms with Crippen LogP contribution in [0.25, 0.3) is 6.08 Å². The molecule has 1 saturated heterocycles. The summed E-state index contributed by atoms with van der Waals surface area (Å²) in [5.41, 5.74) is 0.592. The van der Waals surface area contributed by atoms with Crippen LogP contribution >= 0.6 is 0 Å². The smallest absolute Gasteiger partial charge is 0.342 e. The van der Waals surface area contributed by atoms with Crippen molar-refractivity contribution in [2.24, 2.45) is 5.92 Å². The summed E-state index contributed by atoms with van der Waals surface area (Å²) in [4.78, 5) is 37.5. The highest BCUT2D eigenvalue weighted by molar-refractivity contribution is 5.97. The number of hydrogen-bond donors (Lipinski definition) is 2. The summed E-state index contributed by atoms with van der Waals surface area (Å²) in [7, 11) is 1.45. The van der Waals surface area contributed by atoms with Crippen molar-refractivity contribution in [1.29, 1.82) is 0 Å². The molecule has 3 unspecified atom stereocenters. The first kappa shape index (κ1) is 31.3. The SMILES string of the molecule is COCOc1cc(OCC(O)CNC(C)=O)cc2c1C(=O)OC(C)[C@H](C)/C=C\C(=O)[C@H]1OC(C)(C)OC1CC=C2. The van der Waals surface area contributed by atoms with Crippen LogP contribution in [-0.2, 0) is 28.5 Å². The number of carbonyl (C=O) groups excluding carboxylic acids is 3. The molecule has 2 aliphatic rings. The van der Waals surface area contributed by atoms with Crippen molar-refractivity contribution in [1.82, 2.24) is 5.32 Å². The molecule has 0 bridgehead atoms. The Balaban J connectivity index is 2.00. The van der Waals surface area contributed by atoms with Gasteiger partial charge in [-0.1, -0.05) is 25.2 Å². The van der Waals surface area contributed by atoms with E-state index in [1.807, 2.05) is 6.92 Å². The standard InChI is InChI=1S/C29H39NO10/c1-17-10-11-23(33)27-24(39-29(4,5)40-27)9-7-8-20-12-22(36-15-21(32)14-30-19(3)31)13-25(37-16-35-6)26(20)28(34)38-18(17)2/h7-8,10-13,17-18,21,24,27,32H,9,14-16H2,1-6H3,(H,30,31)/b8-7?,11-10-/t17-,18?,21?,24?,27-/m1/s1. The van der Waals surface area contributed by atoms with Crippen molar-refractivity contribution in [3.8, 4) is 11.5 Å². The summed E-state index contributed by atoms with van der Waals surface area (Å²) < 4.78 is 34.2. The van der Waals surface area contributed by atoms with E-state index in [1.165, 1.54) is 26.2 Å². The molecule has 0 radical (unpaired) electrons. The van der Waals surface area contributed by atoms with E-state index in [4.69, 9.17) is 28.4 Å². The summed E-state index contributed by atoms with van der Waals surface area (Å²) in [6.07, 6.45) is 4.09. The van der Waals surface area contributed by atoms with Gasteiger partial charge in [-0.25, -0.2) is 4.79 Å². The second kappa shape index (κ2) is 13.9. The number of ketones is 1. The van der Waals surface area contributed by atoms with E-state index in [9.17, 15) is 19.5 Å². The van der Waals surface area contributed by atoms with Crippen LogP contribution in [0, 0.1) is 5.92 Å². The normalized spacial score (nSPS) is 26.1. The van der Waals surface area contributed by atoms with Crippen LogP contribution < -0.4 is 14.8 Å². The molecular formula is C29H39NO10. The van der Waals surface area contributed by atoms with Crippen LogP contribution in [0.15, 0.2) is 30.4 Å². The Bertz CT molecular complexity index is 1130. The van der Waals surface area contributed by atoms with Gasteiger partial charge < -0.3 is 38.8 Å². The van der Waals surface area contributed by atoms with Crippen LogP contribution in [0.3, 0.4) is 0 Å². The predicted octanol–water partition coefficient (Wildman–Crippen LogP) is 2.79. The molecule has 1 amide bonds.